The Labute approximate surface area is 187 Å². The molecule has 1 unspecified atom stereocenters. The minimum atomic E-state index is 0.0102. The summed E-state index contributed by atoms with van der Waals surface area (Å²) in [4.78, 5) is 22.1. The molecule has 0 N–H and O–H groups in total. The van der Waals surface area contributed by atoms with Crippen LogP contribution in [0.15, 0.2) is 59.7 Å². The summed E-state index contributed by atoms with van der Waals surface area (Å²) in [5.41, 5.74) is 5.89. The van der Waals surface area contributed by atoms with Gasteiger partial charge < -0.3 is 13.9 Å². The van der Waals surface area contributed by atoms with Gasteiger partial charge in [0.05, 0.1) is 17.8 Å². The van der Waals surface area contributed by atoms with E-state index >= 15 is 0 Å². The van der Waals surface area contributed by atoms with Crippen molar-refractivity contribution in [3.63, 3.8) is 0 Å². The van der Waals surface area contributed by atoms with E-state index in [1.165, 1.54) is 5.56 Å². The first-order valence-electron chi connectivity index (χ1n) is 11.2. The summed E-state index contributed by atoms with van der Waals surface area (Å²) in [5, 5.41) is 0. The van der Waals surface area contributed by atoms with E-state index in [1.54, 1.807) is 11.6 Å². The summed E-state index contributed by atoms with van der Waals surface area (Å²) in [6.45, 7) is 5.62. The number of fused-ring (bicyclic) bond motifs is 1. The zero-order valence-electron chi connectivity index (χ0n) is 18.8. The minimum Gasteiger partial charge on any atom is -0.381 e. The van der Waals surface area contributed by atoms with Crippen LogP contribution in [-0.4, -0.2) is 32.3 Å². The molecule has 32 heavy (non-hydrogen) atoms. The van der Waals surface area contributed by atoms with Crippen molar-refractivity contribution in [2.24, 2.45) is 7.05 Å². The maximum atomic E-state index is 12.3. The van der Waals surface area contributed by atoms with Crippen molar-refractivity contribution in [2.45, 2.75) is 38.6 Å². The second-order valence-corrected chi connectivity index (χ2v) is 8.70. The lowest BCUT2D eigenvalue weighted by molar-refractivity contribution is 0.0845. The Bertz CT molecular complexity index is 1290. The Morgan fingerprint density at radius 1 is 1.12 bits per heavy atom. The Morgan fingerprint density at radius 2 is 1.88 bits per heavy atom. The van der Waals surface area contributed by atoms with Crippen LogP contribution in [0.5, 0.6) is 0 Å². The van der Waals surface area contributed by atoms with Gasteiger partial charge in [0.25, 0.3) is 5.56 Å². The zero-order chi connectivity index (χ0) is 22.2. The van der Waals surface area contributed by atoms with E-state index in [-0.39, 0.29) is 11.6 Å². The first-order chi connectivity index (χ1) is 15.5. The lowest BCUT2D eigenvalue weighted by atomic mass is 9.96. The van der Waals surface area contributed by atoms with Crippen LogP contribution in [0.25, 0.3) is 22.4 Å². The van der Waals surface area contributed by atoms with Crippen molar-refractivity contribution in [3.05, 3.63) is 82.0 Å². The van der Waals surface area contributed by atoms with Gasteiger partial charge in [0.2, 0.25) is 0 Å². The minimum absolute atomic E-state index is 0.0102. The Hall–Kier alpha value is -3.25. The highest BCUT2D eigenvalue weighted by molar-refractivity contribution is 5.81. The van der Waals surface area contributed by atoms with Crippen molar-refractivity contribution >= 4 is 11.0 Å². The van der Waals surface area contributed by atoms with Crippen LogP contribution < -0.4 is 5.56 Å². The Balaban J connectivity index is 1.73. The third kappa shape index (κ3) is 3.65. The van der Waals surface area contributed by atoms with Gasteiger partial charge in [-0.25, -0.2) is 4.98 Å². The van der Waals surface area contributed by atoms with Gasteiger partial charge in [0.15, 0.2) is 0 Å². The molecule has 0 aliphatic carbocycles. The van der Waals surface area contributed by atoms with E-state index in [4.69, 9.17) is 14.7 Å². The highest BCUT2D eigenvalue weighted by Crippen LogP contribution is 2.34. The zero-order valence-corrected chi connectivity index (χ0v) is 18.8. The van der Waals surface area contributed by atoms with E-state index in [0.29, 0.717) is 11.5 Å². The highest BCUT2D eigenvalue weighted by Gasteiger charge is 2.23. The van der Waals surface area contributed by atoms with Crippen LogP contribution in [0.1, 0.15) is 48.5 Å². The van der Waals surface area contributed by atoms with Crippen molar-refractivity contribution in [1.82, 2.24) is 19.1 Å². The van der Waals surface area contributed by atoms with Crippen molar-refractivity contribution in [3.8, 4) is 11.4 Å². The second-order valence-electron chi connectivity index (χ2n) is 8.70. The van der Waals surface area contributed by atoms with E-state index in [9.17, 15) is 4.79 Å². The lowest BCUT2D eigenvalue weighted by Crippen LogP contribution is -2.19. The van der Waals surface area contributed by atoms with E-state index in [2.05, 4.69) is 41.8 Å². The van der Waals surface area contributed by atoms with Crippen LogP contribution in [0, 0.1) is 6.92 Å². The predicted molar refractivity (Wildman–Crippen MR) is 126 cm³/mol. The standard InChI is InChI=1S/C26H28N4O2/c1-17-13-21(16-29(3)26(17)31)25-28-23-15-27-22(20-9-11-32-12-10-20)14-24(23)30(25)18(2)19-7-5-4-6-8-19/h4-8,13-16,18,20H,9-12H2,1-3H3. The van der Waals surface area contributed by atoms with Gasteiger partial charge in [-0.3, -0.25) is 9.78 Å². The van der Waals surface area contributed by atoms with Gasteiger partial charge in [-0.2, -0.15) is 0 Å². The molecule has 0 amide bonds. The molecule has 1 fully saturated rings. The fraction of sp³-hybridized carbons (Fsp3) is 0.346. The number of pyridine rings is 2. The molecule has 164 valence electrons. The average Bonchev–Trinajstić information content (AvgIpc) is 3.21. The average molecular weight is 429 g/mol. The van der Waals surface area contributed by atoms with Gasteiger partial charge in [-0.1, -0.05) is 30.3 Å². The molecule has 1 aromatic carbocycles. The van der Waals surface area contributed by atoms with Gasteiger partial charge >= 0.3 is 0 Å². The molecule has 1 saturated heterocycles. The third-order valence-electron chi connectivity index (χ3n) is 6.53. The summed E-state index contributed by atoms with van der Waals surface area (Å²) in [6.07, 6.45) is 5.76. The number of imidazole rings is 1. The number of hydrogen-bond donors (Lipinski definition) is 0. The molecule has 0 bridgehead atoms. The molecular weight excluding hydrogens is 400 g/mol. The molecule has 3 aromatic heterocycles. The molecule has 0 radical (unpaired) electrons. The van der Waals surface area contributed by atoms with Gasteiger partial charge in [0, 0.05) is 49.2 Å². The molecule has 4 heterocycles. The monoisotopic (exact) mass is 428 g/mol. The largest absolute Gasteiger partial charge is 0.381 e. The number of rotatable bonds is 4. The summed E-state index contributed by atoms with van der Waals surface area (Å²) in [5.74, 6) is 1.26. The second kappa shape index (κ2) is 8.36. The number of aromatic nitrogens is 4. The molecule has 0 saturated carbocycles. The maximum Gasteiger partial charge on any atom is 0.253 e. The molecule has 6 nitrogen and oxygen atoms in total. The number of benzene rings is 1. The smallest absolute Gasteiger partial charge is 0.253 e. The Kier molecular flexibility index (Phi) is 5.39. The molecular formula is C26H28N4O2. The first-order valence-corrected chi connectivity index (χ1v) is 11.2. The predicted octanol–water partition coefficient (Wildman–Crippen LogP) is 4.61. The van der Waals surface area contributed by atoms with Crippen molar-refractivity contribution < 1.29 is 4.74 Å². The van der Waals surface area contributed by atoms with E-state index < -0.39 is 0 Å². The highest BCUT2D eigenvalue weighted by atomic mass is 16.5. The molecule has 1 aliphatic rings. The maximum absolute atomic E-state index is 12.3. The summed E-state index contributed by atoms with van der Waals surface area (Å²) in [6, 6.07) is 14.7. The van der Waals surface area contributed by atoms with Crippen LogP contribution >= 0.6 is 0 Å². The van der Waals surface area contributed by atoms with Crippen LogP contribution in [-0.2, 0) is 11.8 Å². The third-order valence-corrected chi connectivity index (χ3v) is 6.53. The molecule has 1 aliphatic heterocycles. The normalized spacial score (nSPS) is 15.8. The Morgan fingerprint density at radius 3 is 2.59 bits per heavy atom. The lowest BCUT2D eigenvalue weighted by Gasteiger charge is -2.22. The molecule has 4 aromatic rings. The number of nitrogens with zero attached hydrogens (tertiary/aromatic N) is 4. The fourth-order valence-electron chi connectivity index (χ4n) is 4.71. The summed E-state index contributed by atoms with van der Waals surface area (Å²) >= 11 is 0. The summed E-state index contributed by atoms with van der Waals surface area (Å²) in [7, 11) is 1.79. The number of aryl methyl sites for hydroxylation is 2. The van der Waals surface area contributed by atoms with E-state index in [1.807, 2.05) is 31.5 Å². The van der Waals surface area contributed by atoms with Crippen molar-refractivity contribution in [2.75, 3.05) is 13.2 Å². The molecule has 6 heteroatoms. The summed E-state index contributed by atoms with van der Waals surface area (Å²) < 4.78 is 9.47. The fourth-order valence-corrected chi connectivity index (χ4v) is 4.71. The SMILES string of the molecule is Cc1cc(-c2nc3cnc(C4CCOCC4)cc3n2C(C)c2ccccc2)cn(C)c1=O. The molecule has 5 rings (SSSR count). The van der Waals surface area contributed by atoms with Gasteiger partial charge in [0.1, 0.15) is 11.3 Å². The van der Waals surface area contributed by atoms with Gasteiger partial charge in [-0.05, 0) is 44.4 Å². The van der Waals surface area contributed by atoms with Crippen LogP contribution in [0.3, 0.4) is 0 Å². The molecule has 1 atom stereocenters. The van der Waals surface area contributed by atoms with Crippen LogP contribution in [0.2, 0.25) is 0 Å². The quantitative estimate of drug-likeness (QED) is 0.476. The van der Waals surface area contributed by atoms with Gasteiger partial charge in [-0.15, -0.1) is 0 Å². The van der Waals surface area contributed by atoms with Crippen LogP contribution in [0.4, 0.5) is 0 Å². The topological polar surface area (TPSA) is 61.9 Å². The van der Waals surface area contributed by atoms with E-state index in [0.717, 1.165) is 54.2 Å². The van der Waals surface area contributed by atoms with Crippen molar-refractivity contribution in [1.29, 1.82) is 0 Å². The number of ether oxygens (including phenoxy) is 1. The number of hydrogen-bond acceptors (Lipinski definition) is 4. The first kappa shape index (κ1) is 20.6. The molecule has 0 spiro atoms.